The van der Waals surface area contributed by atoms with Gasteiger partial charge in [-0.05, 0) is 59.6 Å². The molecule has 3 aromatic rings. The summed E-state index contributed by atoms with van der Waals surface area (Å²) in [5.74, 6) is 0.982. The van der Waals surface area contributed by atoms with Gasteiger partial charge in [0.1, 0.15) is 12.1 Å². The lowest BCUT2D eigenvalue weighted by molar-refractivity contribution is 0.169. The monoisotopic (exact) mass is 362 g/mol. The van der Waals surface area contributed by atoms with Crippen molar-refractivity contribution in [3.8, 4) is 0 Å². The van der Waals surface area contributed by atoms with Gasteiger partial charge in [-0.2, -0.15) is 11.3 Å². The molecule has 3 heterocycles. The van der Waals surface area contributed by atoms with Gasteiger partial charge in [0.2, 0.25) is 0 Å². The maximum atomic E-state index is 6.00. The van der Waals surface area contributed by atoms with Crippen molar-refractivity contribution in [2.75, 3.05) is 0 Å². The molecule has 128 valence electrons. The molecule has 0 amide bonds. The number of thiophene rings is 1. The highest BCUT2D eigenvalue weighted by atomic mass is 32.2. The van der Waals surface area contributed by atoms with Crippen molar-refractivity contribution in [2.24, 2.45) is 7.05 Å². The predicted molar refractivity (Wildman–Crippen MR) is 97.2 cm³/mol. The van der Waals surface area contributed by atoms with Gasteiger partial charge in [-0.15, -0.1) is 10.2 Å². The van der Waals surface area contributed by atoms with E-state index in [2.05, 4.69) is 51.8 Å². The van der Waals surface area contributed by atoms with Crippen LogP contribution in [0.1, 0.15) is 31.6 Å². The largest absolute Gasteiger partial charge is 0.453 e. The van der Waals surface area contributed by atoms with Crippen molar-refractivity contribution in [3.05, 3.63) is 46.6 Å². The fourth-order valence-electron chi connectivity index (χ4n) is 2.40. The molecule has 1 atom stereocenters. The van der Waals surface area contributed by atoms with Crippen molar-refractivity contribution in [1.82, 2.24) is 19.7 Å². The molecule has 0 aromatic carbocycles. The highest BCUT2D eigenvalue weighted by Crippen LogP contribution is 2.28. The van der Waals surface area contributed by atoms with Crippen molar-refractivity contribution < 1.29 is 4.42 Å². The normalized spacial score (nSPS) is 12.8. The molecular weight excluding hydrogens is 340 g/mol. The Kier molecular flexibility index (Phi) is 5.76. The molecular formula is C17H22N4OS2. The van der Waals surface area contributed by atoms with E-state index >= 15 is 0 Å². The van der Waals surface area contributed by atoms with Gasteiger partial charge in [-0.3, -0.25) is 4.90 Å². The zero-order valence-corrected chi connectivity index (χ0v) is 15.8. The van der Waals surface area contributed by atoms with Crippen molar-refractivity contribution in [2.45, 2.75) is 49.6 Å². The van der Waals surface area contributed by atoms with Gasteiger partial charge in [0.05, 0.1) is 6.54 Å². The van der Waals surface area contributed by atoms with Crippen LogP contribution in [-0.2, 0) is 20.1 Å². The average molecular weight is 363 g/mol. The number of furan rings is 1. The molecule has 0 aliphatic carbocycles. The smallest absolute Gasteiger partial charge is 0.198 e. The summed E-state index contributed by atoms with van der Waals surface area (Å²) in [6, 6.07) is 6.76. The first-order valence-electron chi connectivity index (χ1n) is 8.01. The van der Waals surface area contributed by atoms with Gasteiger partial charge in [0.15, 0.2) is 10.2 Å². The van der Waals surface area contributed by atoms with Crippen LogP contribution in [0.25, 0.3) is 0 Å². The number of rotatable bonds is 8. The molecule has 7 heteroatoms. The molecule has 0 bridgehead atoms. The summed E-state index contributed by atoms with van der Waals surface area (Å²) >= 11 is 3.24. The molecule has 3 aromatic heterocycles. The quantitative estimate of drug-likeness (QED) is 0.593. The molecule has 0 aliphatic heterocycles. The summed E-state index contributed by atoms with van der Waals surface area (Å²) in [6.45, 7) is 6.25. The van der Waals surface area contributed by atoms with Crippen LogP contribution in [0.3, 0.4) is 0 Å². The minimum atomic E-state index is 0.504. The van der Waals surface area contributed by atoms with E-state index < -0.39 is 0 Å². The molecule has 3 rings (SSSR count). The third-order valence-corrected chi connectivity index (χ3v) is 5.74. The van der Waals surface area contributed by atoms with Crippen molar-refractivity contribution >= 4 is 23.1 Å². The first kappa shape index (κ1) is 17.3. The summed E-state index contributed by atoms with van der Waals surface area (Å²) in [6.07, 6.45) is 2.81. The van der Waals surface area contributed by atoms with E-state index in [-0.39, 0.29) is 0 Å². The van der Waals surface area contributed by atoms with E-state index in [1.807, 2.05) is 17.7 Å². The summed E-state index contributed by atoms with van der Waals surface area (Å²) < 4.78 is 7.88. The summed E-state index contributed by atoms with van der Waals surface area (Å²) in [5.41, 5.74) is 1.36. The first-order chi connectivity index (χ1) is 11.7. The third-order valence-electron chi connectivity index (χ3n) is 4.04. The summed E-state index contributed by atoms with van der Waals surface area (Å²) in [5, 5.41) is 14.0. The van der Waals surface area contributed by atoms with E-state index in [0.717, 1.165) is 35.5 Å². The fraction of sp³-hybridized carbons (Fsp3) is 0.412. The predicted octanol–water partition coefficient (Wildman–Crippen LogP) is 4.42. The van der Waals surface area contributed by atoms with Crippen molar-refractivity contribution in [3.63, 3.8) is 0 Å². The molecule has 0 N–H and O–H groups in total. The number of hydrogen-bond acceptors (Lipinski definition) is 6. The number of aromatic nitrogens is 3. The van der Waals surface area contributed by atoms with Crippen LogP contribution in [0.5, 0.6) is 0 Å². The highest BCUT2D eigenvalue weighted by molar-refractivity contribution is 7.99. The maximum absolute atomic E-state index is 6.00. The molecule has 0 aliphatic rings. The van der Waals surface area contributed by atoms with Gasteiger partial charge in [-0.1, -0.05) is 6.92 Å². The Hall–Kier alpha value is -1.57. The van der Waals surface area contributed by atoms with Crippen LogP contribution in [-0.4, -0.2) is 25.7 Å². The van der Waals surface area contributed by atoms with Gasteiger partial charge < -0.3 is 8.98 Å². The van der Waals surface area contributed by atoms with Crippen LogP contribution in [0, 0.1) is 0 Å². The number of hydrogen-bond donors (Lipinski definition) is 0. The Balaban J connectivity index is 1.67. The third kappa shape index (κ3) is 4.28. The van der Waals surface area contributed by atoms with E-state index in [0.29, 0.717) is 6.04 Å². The zero-order chi connectivity index (χ0) is 16.9. The van der Waals surface area contributed by atoms with Crippen molar-refractivity contribution in [1.29, 1.82) is 0 Å². The lowest BCUT2D eigenvalue weighted by atomic mass is 10.2. The lowest BCUT2D eigenvalue weighted by Gasteiger charge is -2.27. The Morgan fingerprint density at radius 1 is 1.33 bits per heavy atom. The molecule has 1 unspecified atom stereocenters. The standard InChI is InChI=1S/C17H22N4OS2/c1-4-13(2)21(9-14-7-8-23-11-14)10-15-5-6-16(22-15)24-17-19-18-12-20(17)3/h5-8,11-13H,4,9-10H2,1-3H3. The second-order valence-corrected chi connectivity index (χ2v) is 7.59. The Labute approximate surface area is 150 Å². The lowest BCUT2D eigenvalue weighted by Crippen LogP contribution is -2.31. The molecule has 0 radical (unpaired) electrons. The molecule has 24 heavy (non-hydrogen) atoms. The van der Waals surface area contributed by atoms with Crippen LogP contribution in [0.2, 0.25) is 0 Å². The maximum Gasteiger partial charge on any atom is 0.198 e. The summed E-state index contributed by atoms with van der Waals surface area (Å²) in [7, 11) is 1.93. The van der Waals surface area contributed by atoms with Crippen LogP contribution in [0.15, 0.2) is 50.0 Å². The first-order valence-corrected chi connectivity index (χ1v) is 9.77. The Morgan fingerprint density at radius 3 is 2.88 bits per heavy atom. The minimum absolute atomic E-state index is 0.504. The highest BCUT2D eigenvalue weighted by Gasteiger charge is 2.16. The average Bonchev–Trinajstić information content (AvgIpc) is 3.31. The Bertz CT molecular complexity index is 750. The summed E-state index contributed by atoms with van der Waals surface area (Å²) in [4.78, 5) is 2.46. The topological polar surface area (TPSA) is 47.1 Å². The zero-order valence-electron chi connectivity index (χ0n) is 14.2. The van der Waals surface area contributed by atoms with E-state index in [4.69, 9.17) is 4.42 Å². The second-order valence-electron chi connectivity index (χ2n) is 5.84. The molecule has 0 fully saturated rings. The molecule has 0 spiro atoms. The minimum Gasteiger partial charge on any atom is -0.453 e. The SMILES string of the molecule is CCC(C)N(Cc1ccsc1)Cc1ccc(Sc2nncn2C)o1. The molecule has 0 saturated heterocycles. The number of aryl methyl sites for hydroxylation is 1. The second kappa shape index (κ2) is 8.00. The molecule has 5 nitrogen and oxygen atoms in total. The van der Waals surface area contributed by atoms with Gasteiger partial charge >= 0.3 is 0 Å². The van der Waals surface area contributed by atoms with Gasteiger partial charge in [0, 0.05) is 19.6 Å². The van der Waals surface area contributed by atoms with Gasteiger partial charge in [0.25, 0.3) is 0 Å². The number of nitrogens with zero attached hydrogens (tertiary/aromatic N) is 4. The van der Waals surface area contributed by atoms with Crippen LogP contribution >= 0.6 is 23.1 Å². The fourth-order valence-corrected chi connectivity index (χ4v) is 3.80. The van der Waals surface area contributed by atoms with Gasteiger partial charge in [-0.25, -0.2) is 0 Å². The molecule has 0 saturated carbocycles. The van der Waals surface area contributed by atoms with E-state index in [1.165, 1.54) is 17.3 Å². The van der Waals surface area contributed by atoms with E-state index in [9.17, 15) is 0 Å². The van der Waals surface area contributed by atoms with Crippen LogP contribution < -0.4 is 0 Å². The van der Waals surface area contributed by atoms with E-state index in [1.54, 1.807) is 17.7 Å². The Morgan fingerprint density at radius 2 is 2.21 bits per heavy atom. The van der Waals surface area contributed by atoms with Crippen LogP contribution in [0.4, 0.5) is 0 Å².